The summed E-state index contributed by atoms with van der Waals surface area (Å²) in [6, 6.07) is 10.2. The number of aromatic nitrogens is 3. The number of rotatable bonds is 3. The van der Waals surface area contributed by atoms with Gasteiger partial charge in [-0.15, -0.1) is 11.3 Å². The molecule has 0 aliphatic carbocycles. The Labute approximate surface area is 157 Å². The average Bonchev–Trinajstić information content (AvgIpc) is 3.28. The third kappa shape index (κ3) is 3.17. The molecule has 0 unspecified atom stereocenters. The van der Waals surface area contributed by atoms with Crippen molar-refractivity contribution < 1.29 is 4.79 Å². The highest BCUT2D eigenvalue weighted by Gasteiger charge is 2.29. The number of carbonyl (C=O) groups excluding carboxylic acids is 1. The van der Waals surface area contributed by atoms with Gasteiger partial charge in [0.2, 0.25) is 0 Å². The van der Waals surface area contributed by atoms with E-state index in [1.165, 1.54) is 4.88 Å². The molecular formula is C20H22N4OS. The lowest BCUT2D eigenvalue weighted by Crippen LogP contribution is -2.39. The monoisotopic (exact) mass is 366 g/mol. The number of carbonyl (C=O) groups is 1. The zero-order chi connectivity index (χ0) is 18.1. The van der Waals surface area contributed by atoms with E-state index in [0.717, 1.165) is 47.7 Å². The van der Waals surface area contributed by atoms with Crippen LogP contribution in [0.3, 0.4) is 0 Å². The second-order valence-electron chi connectivity index (χ2n) is 6.82. The van der Waals surface area contributed by atoms with Crippen LogP contribution in [0, 0.1) is 13.8 Å². The lowest BCUT2D eigenvalue weighted by molar-refractivity contribution is 0.0706. The number of hydrogen-bond donors (Lipinski definition) is 1. The minimum Gasteiger partial charge on any atom is -0.338 e. The summed E-state index contributed by atoms with van der Waals surface area (Å²) in [7, 11) is 0. The predicted octanol–water partition coefficient (Wildman–Crippen LogP) is 4.17. The third-order valence-electron chi connectivity index (χ3n) is 4.96. The third-order valence-corrected chi connectivity index (χ3v) is 5.87. The van der Waals surface area contributed by atoms with Crippen LogP contribution >= 0.6 is 11.3 Å². The summed E-state index contributed by atoms with van der Waals surface area (Å²) in [6.45, 7) is 5.46. The second kappa shape index (κ2) is 7.03. The molecule has 0 spiro atoms. The van der Waals surface area contributed by atoms with Gasteiger partial charge in [-0.25, -0.2) is 4.98 Å². The first-order chi connectivity index (χ1) is 12.6. The first kappa shape index (κ1) is 17.0. The molecule has 0 saturated carbocycles. The summed E-state index contributed by atoms with van der Waals surface area (Å²) in [4.78, 5) is 20.9. The van der Waals surface area contributed by atoms with Gasteiger partial charge in [0, 0.05) is 34.8 Å². The summed E-state index contributed by atoms with van der Waals surface area (Å²) in [5, 5.41) is 9.22. The maximum atomic E-state index is 13.3. The van der Waals surface area contributed by atoms with Gasteiger partial charge < -0.3 is 4.90 Å². The molecule has 1 N–H and O–H groups in total. The fraction of sp³-hybridized carbons (Fsp3) is 0.350. The Morgan fingerprint density at radius 3 is 2.81 bits per heavy atom. The van der Waals surface area contributed by atoms with Crippen LogP contribution in [0.1, 0.15) is 45.6 Å². The van der Waals surface area contributed by atoms with E-state index in [4.69, 9.17) is 0 Å². The van der Waals surface area contributed by atoms with E-state index in [9.17, 15) is 4.79 Å². The topological polar surface area (TPSA) is 61.9 Å². The Balaban J connectivity index is 1.60. The molecule has 0 bridgehead atoms. The van der Waals surface area contributed by atoms with Crippen LogP contribution in [-0.4, -0.2) is 39.1 Å². The predicted molar refractivity (Wildman–Crippen MR) is 103 cm³/mol. The van der Waals surface area contributed by atoms with Crippen LogP contribution in [0.2, 0.25) is 0 Å². The zero-order valence-corrected chi connectivity index (χ0v) is 15.8. The van der Waals surface area contributed by atoms with Crippen LogP contribution in [0.4, 0.5) is 0 Å². The number of aryl methyl sites for hydroxylation is 2. The molecule has 134 valence electrons. The lowest BCUT2D eigenvalue weighted by Gasteiger charge is -2.31. The van der Waals surface area contributed by atoms with Crippen molar-refractivity contribution in [3.8, 4) is 11.1 Å². The van der Waals surface area contributed by atoms with Gasteiger partial charge >= 0.3 is 0 Å². The maximum Gasteiger partial charge on any atom is 0.255 e. The van der Waals surface area contributed by atoms with Gasteiger partial charge in [0.15, 0.2) is 5.82 Å². The molecule has 1 aromatic carbocycles. The molecule has 3 aromatic rings. The summed E-state index contributed by atoms with van der Waals surface area (Å²) in [5.74, 6) is 1.97. The number of aromatic amines is 1. The van der Waals surface area contributed by atoms with Crippen LogP contribution in [0.25, 0.3) is 11.1 Å². The normalized spacial score (nSPS) is 17.5. The van der Waals surface area contributed by atoms with E-state index in [1.807, 2.05) is 35.4 Å². The fourth-order valence-electron chi connectivity index (χ4n) is 3.66. The number of thiophene rings is 1. The Morgan fingerprint density at radius 2 is 2.08 bits per heavy atom. The van der Waals surface area contributed by atoms with Gasteiger partial charge in [0.05, 0.1) is 5.56 Å². The molecule has 1 saturated heterocycles. The Kier molecular flexibility index (Phi) is 4.59. The molecule has 1 amide bonds. The standard InChI is InChI=1S/C20H22N4OS/c1-13-18(15-7-4-3-5-8-15)17(12-26-13)20(25)24-10-6-9-16(11-24)19-21-14(2)22-23-19/h3-5,7-8,12,16H,6,9-11H2,1-2H3,(H,21,22,23)/t16-/m1/s1. The molecule has 0 radical (unpaired) electrons. The molecule has 1 aliphatic heterocycles. The van der Waals surface area contributed by atoms with Crippen LogP contribution in [0.5, 0.6) is 0 Å². The fourth-order valence-corrected chi connectivity index (χ4v) is 4.52. The first-order valence-corrected chi connectivity index (χ1v) is 9.83. The van der Waals surface area contributed by atoms with E-state index < -0.39 is 0 Å². The van der Waals surface area contributed by atoms with Crippen molar-refractivity contribution >= 4 is 17.2 Å². The molecule has 3 heterocycles. The summed E-state index contributed by atoms with van der Waals surface area (Å²) in [5.41, 5.74) is 2.98. The number of amides is 1. The SMILES string of the molecule is Cc1nc([C@@H]2CCCN(C(=O)c3csc(C)c3-c3ccccc3)C2)n[nH]1. The van der Waals surface area contributed by atoms with Gasteiger partial charge in [0.25, 0.3) is 5.91 Å². The lowest BCUT2D eigenvalue weighted by atomic mass is 9.95. The van der Waals surface area contributed by atoms with Crippen molar-refractivity contribution in [3.63, 3.8) is 0 Å². The number of nitrogens with zero attached hydrogens (tertiary/aromatic N) is 3. The summed E-state index contributed by atoms with van der Waals surface area (Å²) in [6.07, 6.45) is 2.00. The molecule has 26 heavy (non-hydrogen) atoms. The number of nitrogens with one attached hydrogen (secondary N) is 1. The number of piperidine rings is 1. The van der Waals surface area contributed by atoms with Crippen molar-refractivity contribution in [1.82, 2.24) is 20.1 Å². The molecule has 1 atom stereocenters. The van der Waals surface area contributed by atoms with Crippen LogP contribution in [0.15, 0.2) is 35.7 Å². The second-order valence-corrected chi connectivity index (χ2v) is 7.90. The quantitative estimate of drug-likeness (QED) is 0.757. The smallest absolute Gasteiger partial charge is 0.255 e. The molecule has 1 aliphatic rings. The molecule has 6 heteroatoms. The van der Waals surface area contributed by atoms with Gasteiger partial charge in [-0.05, 0) is 32.3 Å². The highest BCUT2D eigenvalue weighted by Crippen LogP contribution is 2.34. The highest BCUT2D eigenvalue weighted by molar-refractivity contribution is 7.10. The molecule has 5 nitrogen and oxygen atoms in total. The number of hydrogen-bond acceptors (Lipinski definition) is 4. The Bertz CT molecular complexity index is 915. The maximum absolute atomic E-state index is 13.3. The molecule has 4 rings (SSSR count). The van der Waals surface area contributed by atoms with Crippen LogP contribution in [-0.2, 0) is 0 Å². The van der Waals surface area contributed by atoms with Crippen molar-refractivity contribution in [1.29, 1.82) is 0 Å². The van der Waals surface area contributed by atoms with E-state index in [1.54, 1.807) is 11.3 Å². The summed E-state index contributed by atoms with van der Waals surface area (Å²) < 4.78 is 0. The minimum atomic E-state index is 0.116. The van der Waals surface area contributed by atoms with Crippen molar-refractivity contribution in [3.05, 3.63) is 57.8 Å². The largest absolute Gasteiger partial charge is 0.338 e. The minimum absolute atomic E-state index is 0.116. The number of benzene rings is 1. The zero-order valence-electron chi connectivity index (χ0n) is 15.0. The first-order valence-electron chi connectivity index (χ1n) is 8.95. The van der Waals surface area contributed by atoms with Gasteiger partial charge in [-0.3, -0.25) is 9.89 Å². The van der Waals surface area contributed by atoms with E-state index >= 15 is 0 Å². The molecule has 2 aromatic heterocycles. The van der Waals surface area contributed by atoms with E-state index in [0.29, 0.717) is 6.54 Å². The Hall–Kier alpha value is -2.47. The molecule has 1 fully saturated rings. The number of likely N-dealkylation sites (tertiary alicyclic amines) is 1. The Morgan fingerprint density at radius 1 is 1.27 bits per heavy atom. The van der Waals surface area contributed by atoms with Gasteiger partial charge in [-0.2, -0.15) is 5.10 Å². The van der Waals surface area contributed by atoms with Gasteiger partial charge in [-0.1, -0.05) is 30.3 Å². The van der Waals surface area contributed by atoms with Gasteiger partial charge in [0.1, 0.15) is 5.82 Å². The number of H-pyrrole nitrogens is 1. The average molecular weight is 366 g/mol. The highest BCUT2D eigenvalue weighted by atomic mass is 32.1. The van der Waals surface area contributed by atoms with E-state index in [-0.39, 0.29) is 11.8 Å². The van der Waals surface area contributed by atoms with Crippen molar-refractivity contribution in [2.75, 3.05) is 13.1 Å². The van der Waals surface area contributed by atoms with Crippen LogP contribution < -0.4 is 0 Å². The van der Waals surface area contributed by atoms with Crippen molar-refractivity contribution in [2.45, 2.75) is 32.6 Å². The van der Waals surface area contributed by atoms with Crippen molar-refractivity contribution in [2.24, 2.45) is 0 Å². The summed E-state index contributed by atoms with van der Waals surface area (Å²) >= 11 is 1.64. The molecular weight excluding hydrogens is 344 g/mol. The van der Waals surface area contributed by atoms with E-state index in [2.05, 4.69) is 34.2 Å².